The van der Waals surface area contributed by atoms with Gasteiger partial charge in [0.15, 0.2) is 5.13 Å². The first-order chi connectivity index (χ1) is 11.7. The quantitative estimate of drug-likeness (QED) is 0.845. The molecule has 2 aromatic rings. The summed E-state index contributed by atoms with van der Waals surface area (Å²) >= 11 is 1.70. The highest BCUT2D eigenvalue weighted by atomic mass is 32.1. The fourth-order valence-corrected chi connectivity index (χ4v) is 3.88. The molecule has 0 radical (unpaired) electrons. The highest BCUT2D eigenvalue weighted by Gasteiger charge is 2.27. The lowest BCUT2D eigenvalue weighted by molar-refractivity contribution is -0.143. The molecule has 0 saturated carbocycles. The Labute approximate surface area is 146 Å². The number of benzene rings is 1. The predicted molar refractivity (Wildman–Crippen MR) is 96.4 cm³/mol. The Kier molecular flexibility index (Phi) is 5.48. The number of hydrogen-bond acceptors (Lipinski definition) is 6. The van der Waals surface area contributed by atoms with E-state index in [9.17, 15) is 4.79 Å². The summed E-state index contributed by atoms with van der Waals surface area (Å²) in [5, 5.41) is 6.66. The second kappa shape index (κ2) is 7.77. The molecule has 0 spiro atoms. The van der Waals surface area contributed by atoms with Crippen molar-refractivity contribution in [2.24, 2.45) is 0 Å². The Morgan fingerprint density at radius 2 is 2.04 bits per heavy atom. The minimum Gasteiger partial charge on any atom is -0.468 e. The van der Waals surface area contributed by atoms with Gasteiger partial charge in [-0.25, -0.2) is 9.78 Å². The van der Waals surface area contributed by atoms with Gasteiger partial charge in [-0.1, -0.05) is 30.3 Å². The molecule has 0 bridgehead atoms. The first-order valence-electron chi connectivity index (χ1n) is 8.23. The Balaban J connectivity index is 1.61. The van der Waals surface area contributed by atoms with E-state index in [1.54, 1.807) is 11.3 Å². The molecule has 1 fully saturated rings. The van der Waals surface area contributed by atoms with E-state index in [0.29, 0.717) is 6.04 Å². The predicted octanol–water partition coefficient (Wildman–Crippen LogP) is 2.92. The zero-order valence-corrected chi connectivity index (χ0v) is 14.9. The fraction of sp³-hybridized carbons (Fsp3) is 0.444. The number of carbonyl (C=O) groups is 1. The summed E-state index contributed by atoms with van der Waals surface area (Å²) in [5.41, 5.74) is 2.02. The summed E-state index contributed by atoms with van der Waals surface area (Å²) in [6, 6.07) is 9.65. The third-order valence-electron chi connectivity index (χ3n) is 4.34. The summed E-state index contributed by atoms with van der Waals surface area (Å²) in [4.78, 5) is 19.1. The van der Waals surface area contributed by atoms with Crippen molar-refractivity contribution < 1.29 is 9.53 Å². The van der Waals surface area contributed by atoms with Crippen molar-refractivity contribution in [3.05, 3.63) is 47.0 Å². The lowest BCUT2D eigenvalue weighted by Crippen LogP contribution is -2.45. The minimum atomic E-state index is -0.408. The maximum absolute atomic E-state index is 12.2. The van der Waals surface area contributed by atoms with Crippen LogP contribution in [-0.4, -0.2) is 37.2 Å². The van der Waals surface area contributed by atoms with Crippen LogP contribution < -0.4 is 10.2 Å². The number of anilines is 1. The van der Waals surface area contributed by atoms with Crippen LogP contribution in [0.25, 0.3) is 0 Å². The maximum atomic E-state index is 12.2. The second-order valence-corrected chi connectivity index (χ2v) is 6.90. The third kappa shape index (κ3) is 3.94. The van der Waals surface area contributed by atoms with E-state index in [-0.39, 0.29) is 5.97 Å². The van der Waals surface area contributed by atoms with Gasteiger partial charge in [-0.3, -0.25) is 5.32 Å². The summed E-state index contributed by atoms with van der Waals surface area (Å²) in [6.07, 6.45) is 1.97. The van der Waals surface area contributed by atoms with Crippen LogP contribution >= 0.6 is 11.3 Å². The molecule has 1 aliphatic heterocycles. The molecule has 1 aliphatic rings. The van der Waals surface area contributed by atoms with Crippen molar-refractivity contribution in [2.75, 3.05) is 25.1 Å². The molecule has 2 heterocycles. The first kappa shape index (κ1) is 16.9. The van der Waals surface area contributed by atoms with Gasteiger partial charge < -0.3 is 9.64 Å². The van der Waals surface area contributed by atoms with Crippen LogP contribution in [0, 0.1) is 6.92 Å². The number of esters is 1. The molecule has 0 aliphatic carbocycles. The van der Waals surface area contributed by atoms with Crippen molar-refractivity contribution in [1.82, 2.24) is 10.3 Å². The van der Waals surface area contributed by atoms with Gasteiger partial charge in [-0.05, 0) is 25.3 Å². The third-order valence-corrected chi connectivity index (χ3v) is 5.36. The van der Waals surface area contributed by atoms with E-state index in [1.807, 2.05) is 37.3 Å². The van der Waals surface area contributed by atoms with Crippen LogP contribution in [-0.2, 0) is 9.53 Å². The minimum absolute atomic E-state index is 0.237. The molecular formula is C18H23N3O2S. The fourth-order valence-electron chi connectivity index (χ4n) is 3.02. The number of aromatic nitrogens is 1. The van der Waals surface area contributed by atoms with Gasteiger partial charge >= 0.3 is 5.97 Å². The summed E-state index contributed by atoms with van der Waals surface area (Å²) in [7, 11) is 1.44. The molecular weight excluding hydrogens is 322 g/mol. The molecule has 128 valence electrons. The Morgan fingerprint density at radius 3 is 2.62 bits per heavy atom. The Bertz CT molecular complexity index is 666. The number of aryl methyl sites for hydroxylation is 1. The molecule has 1 aromatic carbocycles. The van der Waals surface area contributed by atoms with Crippen molar-refractivity contribution in [3.63, 3.8) is 0 Å². The average molecular weight is 345 g/mol. The molecule has 0 amide bonds. The molecule has 1 aromatic heterocycles. The van der Waals surface area contributed by atoms with E-state index in [1.165, 1.54) is 7.11 Å². The van der Waals surface area contributed by atoms with Gasteiger partial charge in [0, 0.05) is 24.5 Å². The number of nitrogens with one attached hydrogen (secondary N) is 1. The van der Waals surface area contributed by atoms with E-state index < -0.39 is 6.04 Å². The van der Waals surface area contributed by atoms with Crippen LogP contribution in [0.4, 0.5) is 5.13 Å². The van der Waals surface area contributed by atoms with Crippen molar-refractivity contribution >= 4 is 22.4 Å². The van der Waals surface area contributed by atoms with Crippen LogP contribution in [0.15, 0.2) is 35.7 Å². The number of nitrogens with zero attached hydrogens (tertiary/aromatic N) is 2. The van der Waals surface area contributed by atoms with Gasteiger partial charge in [0.2, 0.25) is 0 Å². The number of carbonyl (C=O) groups excluding carboxylic acids is 1. The number of thiazole rings is 1. The summed E-state index contributed by atoms with van der Waals surface area (Å²) in [5.74, 6) is -0.237. The van der Waals surface area contributed by atoms with Crippen LogP contribution in [0.2, 0.25) is 0 Å². The topological polar surface area (TPSA) is 54.5 Å². The number of hydrogen-bond donors (Lipinski definition) is 1. The van der Waals surface area contributed by atoms with Crippen LogP contribution in [0.1, 0.15) is 30.1 Å². The van der Waals surface area contributed by atoms with Gasteiger partial charge in [0.1, 0.15) is 6.04 Å². The van der Waals surface area contributed by atoms with Gasteiger partial charge in [-0.15, -0.1) is 11.3 Å². The lowest BCUT2D eigenvalue weighted by Gasteiger charge is -2.34. The van der Waals surface area contributed by atoms with Crippen molar-refractivity contribution in [3.8, 4) is 0 Å². The van der Waals surface area contributed by atoms with Gasteiger partial charge in [-0.2, -0.15) is 0 Å². The SMILES string of the molecule is COC(=O)C(NC1CCN(c2nc(C)cs2)CC1)c1ccccc1. The van der Waals surface area contributed by atoms with Gasteiger partial charge in [0.05, 0.1) is 12.8 Å². The zero-order chi connectivity index (χ0) is 16.9. The maximum Gasteiger partial charge on any atom is 0.327 e. The molecule has 6 heteroatoms. The zero-order valence-electron chi connectivity index (χ0n) is 14.1. The summed E-state index contributed by atoms with van der Waals surface area (Å²) in [6.45, 7) is 3.93. The molecule has 3 rings (SSSR count). The van der Waals surface area contributed by atoms with Gasteiger partial charge in [0.25, 0.3) is 0 Å². The van der Waals surface area contributed by atoms with Crippen LogP contribution in [0.5, 0.6) is 0 Å². The molecule has 1 atom stereocenters. The van der Waals surface area contributed by atoms with E-state index in [2.05, 4.69) is 20.6 Å². The number of rotatable bonds is 5. The van der Waals surface area contributed by atoms with E-state index >= 15 is 0 Å². The second-order valence-electron chi connectivity index (χ2n) is 6.07. The molecule has 1 saturated heterocycles. The van der Waals surface area contributed by atoms with E-state index in [4.69, 9.17) is 4.74 Å². The standard InChI is InChI=1S/C18H23N3O2S/c1-13-12-24-18(19-13)21-10-8-15(9-11-21)20-16(17(22)23-2)14-6-4-3-5-7-14/h3-7,12,15-16,20H,8-11H2,1-2H3. The molecule has 24 heavy (non-hydrogen) atoms. The summed E-state index contributed by atoms with van der Waals surface area (Å²) < 4.78 is 4.98. The van der Waals surface area contributed by atoms with Crippen LogP contribution in [0.3, 0.4) is 0 Å². The molecule has 5 nitrogen and oxygen atoms in total. The average Bonchev–Trinajstić information content (AvgIpc) is 3.06. The monoisotopic (exact) mass is 345 g/mol. The number of piperidine rings is 1. The Hall–Kier alpha value is -1.92. The molecule has 1 unspecified atom stereocenters. The lowest BCUT2D eigenvalue weighted by atomic mass is 10.0. The number of ether oxygens (including phenoxy) is 1. The normalized spacial score (nSPS) is 16.8. The van der Waals surface area contributed by atoms with E-state index in [0.717, 1.165) is 42.3 Å². The Morgan fingerprint density at radius 1 is 1.33 bits per heavy atom. The first-order valence-corrected chi connectivity index (χ1v) is 9.11. The van der Waals surface area contributed by atoms with Crippen molar-refractivity contribution in [2.45, 2.75) is 31.8 Å². The van der Waals surface area contributed by atoms with Crippen molar-refractivity contribution in [1.29, 1.82) is 0 Å². The smallest absolute Gasteiger partial charge is 0.327 e. The number of methoxy groups -OCH3 is 1. The molecule has 1 N–H and O–H groups in total. The largest absolute Gasteiger partial charge is 0.468 e. The highest BCUT2D eigenvalue weighted by molar-refractivity contribution is 7.13. The highest BCUT2D eigenvalue weighted by Crippen LogP contribution is 2.25.